The molecule has 5 N–H and O–H groups in total. The fraction of sp³-hybridized carbons (Fsp3) is 0.536. The van der Waals surface area contributed by atoms with Gasteiger partial charge in [-0.05, 0) is 64.2 Å². The number of ether oxygens (including phenoxy) is 1. The quantitative estimate of drug-likeness (QED) is 0.111. The van der Waals surface area contributed by atoms with E-state index >= 15 is 0 Å². The molecule has 2 rings (SSSR count). The first-order valence-electron chi connectivity index (χ1n) is 13.1. The van der Waals surface area contributed by atoms with Crippen LogP contribution in [0.15, 0.2) is 60.0 Å². The van der Waals surface area contributed by atoms with Gasteiger partial charge in [-0.3, -0.25) is 20.5 Å². The Bertz CT molecular complexity index is 919. The van der Waals surface area contributed by atoms with E-state index in [2.05, 4.69) is 64.1 Å². The number of nitrogens with zero attached hydrogens (tertiary/aromatic N) is 2. The van der Waals surface area contributed by atoms with Crippen LogP contribution in [-0.2, 0) is 15.7 Å². The number of rotatable bonds is 12. The van der Waals surface area contributed by atoms with Crippen LogP contribution in [0, 0.1) is 0 Å². The Morgan fingerprint density at radius 2 is 1.82 bits per heavy atom. The zero-order valence-electron chi connectivity index (χ0n) is 24.9. The second-order valence-electron chi connectivity index (χ2n) is 8.92. The third kappa shape index (κ3) is 13.1. The summed E-state index contributed by atoms with van der Waals surface area (Å²) in [5.74, 6) is 0. The van der Waals surface area contributed by atoms with Gasteiger partial charge in [0.15, 0.2) is 0 Å². The van der Waals surface area contributed by atoms with E-state index in [0.717, 1.165) is 61.8 Å². The molecule has 2 unspecified atom stereocenters. The number of likely N-dealkylation sites (N-methyl/N-ethyl adjacent to an activating group) is 1. The standard InChI is InChI=1S/C14H17F3N2.C13H29N5O.CH2O/c1-4-10(2)13(9-18-3)19-12-7-5-6-11(8-12)14(15,16)17;1-6-15-16-13(14-4)17(5)12(11(2)3)18-7-9-19-10-8-18;1-2/h4-9,18-19H,1-3H3;12-16H,2,6-10H2,1,3-5H3;1H2/b10-4-,13-9+;;. The molecule has 12 heteroatoms. The number of hydrogen-bond acceptors (Lipinski definition) is 9. The lowest BCUT2D eigenvalue weighted by molar-refractivity contribution is -0.137. The predicted molar refractivity (Wildman–Crippen MR) is 157 cm³/mol. The number of nitrogens with one attached hydrogen (secondary N) is 5. The number of benzene rings is 1. The van der Waals surface area contributed by atoms with Gasteiger partial charge in [0.05, 0.1) is 30.6 Å². The van der Waals surface area contributed by atoms with E-state index in [4.69, 9.17) is 9.53 Å². The van der Waals surface area contributed by atoms with Crippen LogP contribution in [0.4, 0.5) is 18.9 Å². The average molecular weight is 572 g/mol. The Morgan fingerprint density at radius 3 is 2.30 bits per heavy atom. The maximum absolute atomic E-state index is 12.6. The van der Waals surface area contributed by atoms with Crippen molar-refractivity contribution in [2.24, 2.45) is 0 Å². The highest BCUT2D eigenvalue weighted by atomic mass is 19.4. The van der Waals surface area contributed by atoms with Crippen molar-refractivity contribution in [1.82, 2.24) is 31.3 Å². The lowest BCUT2D eigenvalue weighted by Crippen LogP contribution is -2.63. The molecule has 1 fully saturated rings. The van der Waals surface area contributed by atoms with Gasteiger partial charge in [0.2, 0.25) is 0 Å². The molecule has 228 valence electrons. The van der Waals surface area contributed by atoms with Crippen molar-refractivity contribution in [3.05, 3.63) is 65.5 Å². The summed E-state index contributed by atoms with van der Waals surface area (Å²) < 4.78 is 43.3. The molecular weight excluding hydrogens is 523 g/mol. The summed E-state index contributed by atoms with van der Waals surface area (Å²) >= 11 is 0. The molecule has 1 saturated heterocycles. The van der Waals surface area contributed by atoms with Crippen molar-refractivity contribution in [2.75, 3.05) is 59.3 Å². The number of morpholine rings is 1. The van der Waals surface area contributed by atoms with E-state index in [1.165, 1.54) is 6.07 Å². The van der Waals surface area contributed by atoms with Gasteiger partial charge in [-0.15, -0.1) is 0 Å². The SMILES string of the molecule is C/C=C(C)\C(=C/NC)Nc1cccc(C(F)(F)F)c1.C=C(C)C(N1CCOCC1)N(C)C(NC)NNCC.C=O. The first-order chi connectivity index (χ1) is 19.0. The number of halogens is 3. The molecule has 1 heterocycles. The number of hydrazine groups is 1. The van der Waals surface area contributed by atoms with Crippen LogP contribution < -0.4 is 26.8 Å². The second-order valence-corrected chi connectivity index (χ2v) is 8.92. The van der Waals surface area contributed by atoms with Crippen LogP contribution in [0.5, 0.6) is 0 Å². The molecule has 0 saturated carbocycles. The molecular formula is C28H48F3N7O2. The first-order valence-corrected chi connectivity index (χ1v) is 13.1. The van der Waals surface area contributed by atoms with Gasteiger partial charge < -0.3 is 20.2 Å². The van der Waals surface area contributed by atoms with Gasteiger partial charge in [0.25, 0.3) is 0 Å². The molecule has 1 aliphatic heterocycles. The summed E-state index contributed by atoms with van der Waals surface area (Å²) in [5, 5.41) is 9.10. The monoisotopic (exact) mass is 571 g/mol. The fourth-order valence-corrected chi connectivity index (χ4v) is 3.93. The molecule has 40 heavy (non-hydrogen) atoms. The minimum atomic E-state index is -4.33. The average Bonchev–Trinajstić information content (AvgIpc) is 2.94. The zero-order valence-corrected chi connectivity index (χ0v) is 24.9. The normalized spacial score (nSPS) is 16.2. The number of anilines is 1. The maximum Gasteiger partial charge on any atom is 0.416 e. The van der Waals surface area contributed by atoms with E-state index in [0.29, 0.717) is 5.69 Å². The van der Waals surface area contributed by atoms with Gasteiger partial charge in [0, 0.05) is 38.6 Å². The van der Waals surface area contributed by atoms with Crippen LogP contribution in [-0.4, -0.2) is 83.0 Å². The number of hydrogen-bond donors (Lipinski definition) is 5. The van der Waals surface area contributed by atoms with Gasteiger partial charge in [-0.25, -0.2) is 5.43 Å². The van der Waals surface area contributed by atoms with Crippen molar-refractivity contribution in [3.8, 4) is 0 Å². The predicted octanol–water partition coefficient (Wildman–Crippen LogP) is 3.73. The molecule has 0 radical (unpaired) electrons. The number of carbonyl (C=O) groups is 1. The van der Waals surface area contributed by atoms with Gasteiger partial charge in [-0.2, -0.15) is 13.2 Å². The molecule has 0 amide bonds. The fourth-order valence-electron chi connectivity index (χ4n) is 3.93. The smallest absolute Gasteiger partial charge is 0.392 e. The van der Waals surface area contributed by atoms with Crippen molar-refractivity contribution in [2.45, 2.75) is 46.3 Å². The van der Waals surface area contributed by atoms with Gasteiger partial charge in [0.1, 0.15) is 13.1 Å². The number of alkyl halides is 3. The second kappa shape index (κ2) is 20.2. The first kappa shape index (κ1) is 37.3. The summed E-state index contributed by atoms with van der Waals surface area (Å²) in [6.45, 7) is 18.4. The van der Waals surface area contributed by atoms with Crippen molar-refractivity contribution >= 4 is 12.5 Å². The topological polar surface area (TPSA) is 92.9 Å². The molecule has 1 aromatic carbocycles. The summed E-state index contributed by atoms with van der Waals surface area (Å²) in [6.07, 6.45) is -0.503. The Hall–Kier alpha value is -2.74. The van der Waals surface area contributed by atoms with Crippen molar-refractivity contribution in [3.63, 3.8) is 0 Å². The van der Waals surface area contributed by atoms with Crippen molar-refractivity contribution < 1.29 is 22.7 Å². The highest BCUT2D eigenvalue weighted by molar-refractivity contribution is 5.54. The molecule has 0 bridgehead atoms. The summed E-state index contributed by atoms with van der Waals surface area (Å²) in [5.41, 5.74) is 8.95. The minimum absolute atomic E-state index is 0.0458. The van der Waals surface area contributed by atoms with Crippen LogP contribution in [0.2, 0.25) is 0 Å². The highest BCUT2D eigenvalue weighted by Gasteiger charge is 2.30. The Balaban J connectivity index is 0.000000716. The number of carbonyl (C=O) groups excluding carboxylic acids is 1. The lowest BCUT2D eigenvalue weighted by Gasteiger charge is -2.43. The van der Waals surface area contributed by atoms with E-state index in [-0.39, 0.29) is 12.5 Å². The Kier molecular flexibility index (Phi) is 18.8. The van der Waals surface area contributed by atoms with E-state index in [9.17, 15) is 13.2 Å². The molecule has 1 aliphatic rings. The van der Waals surface area contributed by atoms with Gasteiger partial charge >= 0.3 is 6.18 Å². The summed E-state index contributed by atoms with van der Waals surface area (Å²) in [7, 11) is 5.78. The van der Waals surface area contributed by atoms with Crippen LogP contribution in [0.1, 0.15) is 33.3 Å². The molecule has 2 atom stereocenters. The van der Waals surface area contributed by atoms with Gasteiger partial charge in [-0.1, -0.05) is 25.6 Å². The zero-order chi connectivity index (χ0) is 30.7. The van der Waals surface area contributed by atoms with Crippen LogP contribution in [0.25, 0.3) is 0 Å². The highest BCUT2D eigenvalue weighted by Crippen LogP contribution is 2.31. The van der Waals surface area contributed by atoms with E-state index in [1.807, 2.05) is 33.8 Å². The lowest BCUT2D eigenvalue weighted by atomic mass is 10.1. The van der Waals surface area contributed by atoms with E-state index in [1.54, 1.807) is 19.3 Å². The van der Waals surface area contributed by atoms with Crippen LogP contribution in [0.3, 0.4) is 0 Å². The number of allylic oxidation sites excluding steroid dienone is 2. The molecule has 9 nitrogen and oxygen atoms in total. The molecule has 0 spiro atoms. The Morgan fingerprint density at radius 1 is 1.20 bits per heavy atom. The Labute approximate surface area is 237 Å². The molecule has 0 aliphatic carbocycles. The third-order valence-electron chi connectivity index (χ3n) is 5.93. The third-order valence-corrected chi connectivity index (χ3v) is 5.93. The summed E-state index contributed by atoms with van der Waals surface area (Å²) in [4.78, 5) is 12.7. The van der Waals surface area contributed by atoms with Crippen molar-refractivity contribution in [1.29, 1.82) is 0 Å². The summed E-state index contributed by atoms with van der Waals surface area (Å²) in [6, 6.07) is 5.12. The minimum Gasteiger partial charge on any atom is -0.392 e. The van der Waals surface area contributed by atoms with E-state index < -0.39 is 11.7 Å². The largest absolute Gasteiger partial charge is 0.416 e. The molecule has 1 aromatic rings. The van der Waals surface area contributed by atoms with Crippen LogP contribution >= 0.6 is 0 Å². The maximum atomic E-state index is 12.6. The molecule has 0 aromatic heterocycles.